The molecule has 0 radical (unpaired) electrons. The van der Waals surface area contributed by atoms with Crippen LogP contribution in [-0.2, 0) is 115 Å². The number of methoxy groups -OCH3 is 6. The molecular formula is C89H151N17O26S5. The number of aliphatic hydroxyl groups is 2. The molecular weight excluding hydrogens is 1880 g/mol. The van der Waals surface area contributed by atoms with Crippen molar-refractivity contribution in [3.05, 3.63) is 38.0 Å². The summed E-state index contributed by atoms with van der Waals surface area (Å²) in [6, 6.07) is 0. The lowest BCUT2D eigenvalue weighted by molar-refractivity contribution is -0.145. The maximum atomic E-state index is 12.6. The number of carbonyl (C=O) groups excluding carboxylic acids is 18. The summed E-state index contributed by atoms with van der Waals surface area (Å²) in [5.41, 5.74) is 0. The molecule has 6 saturated heterocycles. The number of amides is 12. The van der Waals surface area contributed by atoms with E-state index in [1.54, 1.807) is 41.2 Å². The van der Waals surface area contributed by atoms with Crippen LogP contribution in [-0.4, -0.2) is 460 Å². The molecule has 6 fully saturated rings. The zero-order valence-electron chi connectivity index (χ0n) is 80.7. The summed E-state index contributed by atoms with van der Waals surface area (Å²) in [5, 5.41) is 40.7. The van der Waals surface area contributed by atoms with Gasteiger partial charge >= 0.3 is 35.8 Å². The van der Waals surface area contributed by atoms with Crippen molar-refractivity contribution >= 4 is 168 Å². The number of hydrogen-bond donors (Lipinski definition) is 13. The van der Waals surface area contributed by atoms with Crippen LogP contribution in [0.2, 0.25) is 0 Å². The lowest BCUT2D eigenvalue weighted by atomic mass is 10.1. The van der Waals surface area contributed by atoms with Crippen molar-refractivity contribution in [2.24, 2.45) is 35.5 Å². The number of thioether (sulfide) groups is 2. The van der Waals surface area contributed by atoms with Crippen molar-refractivity contribution in [3.63, 3.8) is 0 Å². The largest absolute Gasteiger partial charge is 0.469 e. The van der Waals surface area contributed by atoms with Gasteiger partial charge in [-0.3, -0.25) is 86.3 Å². The highest BCUT2D eigenvalue weighted by molar-refractivity contribution is 7.99. The third-order valence-corrected chi connectivity index (χ3v) is 25.1. The highest BCUT2D eigenvalue weighted by atomic mass is 32.2. The normalized spacial score (nSPS) is 18.1. The smallest absolute Gasteiger partial charge is 0.310 e. The zero-order valence-corrected chi connectivity index (χ0v) is 85.0. The number of rotatable bonds is 63. The molecule has 6 rings (SSSR count). The van der Waals surface area contributed by atoms with Crippen LogP contribution in [0, 0.1) is 35.5 Å². The minimum absolute atomic E-state index is 0.124. The average molecular weight is 2040 g/mol. The third kappa shape index (κ3) is 52.8. The average Bonchev–Trinajstić information content (AvgIpc) is 1.75. The van der Waals surface area contributed by atoms with E-state index in [1.165, 1.54) is 42.7 Å². The first-order chi connectivity index (χ1) is 65.7. The van der Waals surface area contributed by atoms with Gasteiger partial charge in [0.2, 0.25) is 70.9 Å². The Bertz CT molecular complexity index is 3580. The van der Waals surface area contributed by atoms with Gasteiger partial charge in [-0.05, 0) is 25.0 Å². The van der Waals surface area contributed by atoms with Gasteiger partial charge in [-0.15, -0.1) is 19.7 Å². The summed E-state index contributed by atoms with van der Waals surface area (Å²) in [7, 11) is 7.79. The maximum absolute atomic E-state index is 12.6. The lowest BCUT2D eigenvalue weighted by Crippen LogP contribution is -2.39. The molecule has 6 aliphatic heterocycles. The molecule has 0 saturated carbocycles. The van der Waals surface area contributed by atoms with Gasteiger partial charge in [0.15, 0.2) is 0 Å². The Morgan fingerprint density at radius 1 is 0.350 bits per heavy atom. The van der Waals surface area contributed by atoms with Crippen LogP contribution in [0.25, 0.3) is 0 Å². The quantitative estimate of drug-likeness (QED) is 0.00935. The molecule has 43 nitrogen and oxygen atoms in total. The summed E-state index contributed by atoms with van der Waals surface area (Å²) in [4.78, 5) is 232. The van der Waals surface area contributed by atoms with Crippen LogP contribution in [0.1, 0.15) is 83.5 Å². The Labute approximate surface area is 830 Å². The van der Waals surface area contributed by atoms with E-state index in [2.05, 4.69) is 119 Å². The van der Waals surface area contributed by atoms with Gasteiger partial charge in [0.05, 0.1) is 90.4 Å². The molecule has 778 valence electrons. The number of esters is 6. The molecule has 0 aliphatic carbocycles. The van der Waals surface area contributed by atoms with Crippen molar-refractivity contribution in [2.75, 3.05) is 286 Å². The fourth-order valence-corrected chi connectivity index (χ4v) is 16.8. The number of ether oxygens (including phenoxy) is 6. The van der Waals surface area contributed by atoms with Crippen molar-refractivity contribution in [1.29, 1.82) is 0 Å². The summed E-state index contributed by atoms with van der Waals surface area (Å²) >= 11 is 15.3. The lowest BCUT2D eigenvalue weighted by Gasteiger charge is -2.22. The van der Waals surface area contributed by atoms with E-state index >= 15 is 0 Å². The van der Waals surface area contributed by atoms with Gasteiger partial charge in [0.1, 0.15) is 0 Å². The summed E-state index contributed by atoms with van der Waals surface area (Å²) < 4.78 is 28.2. The van der Waals surface area contributed by atoms with Gasteiger partial charge in [-0.25, -0.2) is 0 Å². The molecule has 137 heavy (non-hydrogen) atoms. The predicted molar refractivity (Wildman–Crippen MR) is 526 cm³/mol. The topological polar surface area (TPSA) is 528 Å². The minimum atomic E-state index is -0.740. The minimum Gasteiger partial charge on any atom is -0.469 e. The van der Waals surface area contributed by atoms with Crippen LogP contribution in [0.15, 0.2) is 38.0 Å². The monoisotopic (exact) mass is 2030 g/mol. The number of nitrogens with zero attached hydrogens (tertiary/aromatic N) is 9. The van der Waals surface area contributed by atoms with E-state index in [4.69, 9.17) is 29.2 Å². The number of carbonyl (C=O) groups is 18. The fraction of sp³-hybridized carbons (Fsp3) is 0.730. The second-order valence-corrected chi connectivity index (χ2v) is 36.0. The summed E-state index contributed by atoms with van der Waals surface area (Å²) in [5.74, 6) is -3.04. The Balaban J connectivity index is 0.000000645. The van der Waals surface area contributed by atoms with Crippen molar-refractivity contribution in [3.8, 4) is 0 Å². The molecule has 10 N–H and O–H groups in total. The van der Waals surface area contributed by atoms with E-state index in [1.807, 2.05) is 41.1 Å². The van der Waals surface area contributed by atoms with Gasteiger partial charge in [0, 0.05) is 302 Å². The first-order valence-electron chi connectivity index (χ1n) is 46.1. The van der Waals surface area contributed by atoms with E-state index < -0.39 is 83.5 Å². The molecule has 6 aliphatic rings. The van der Waals surface area contributed by atoms with Gasteiger partial charge in [-0.2, -0.15) is 61.4 Å². The fourth-order valence-electron chi connectivity index (χ4n) is 14.6. The van der Waals surface area contributed by atoms with Crippen LogP contribution in [0.4, 0.5) is 0 Å². The molecule has 0 aromatic carbocycles. The zero-order chi connectivity index (χ0) is 102. The molecule has 8 atom stereocenters. The Kier molecular flexibility index (Phi) is 67.3. The van der Waals surface area contributed by atoms with Crippen molar-refractivity contribution < 1.29 is 125 Å². The summed E-state index contributed by atoms with van der Waals surface area (Å²) in [6.07, 6.45) is 9.24. The standard InChI is InChI=1S/C30H50N6O8S.C25H41N5O8S.C24H39N5O8S.C6H11N.C4H10O2S2/c1-4-8-31-9-5-17-45-18-16-34(12-6-25(37)32-10-14-35-21-23(19-27(35)39)29(41)43-2)13-7-26(38)33-11-15-36-22-24(20-28(36)40)30(42)44-3;1-37-24(35)18-14-22(33)29(16-18)10-6-26-20(31)4-8-28(12-13-39-3)9-5-21(32)27-7-11-30-17-19(15-23(30)34)25(36)38-2;1-36-23(34)17-13-21(32)28(15-17)9-5-25-19(30)3-7-27(11-12-38)8-4-20(31)26-6-10-29-16-18(14-22(29)33)24(35)37-2;1-3-5-7-6-4-2;5-3(1-7)4(6)2-8/h4,23-24,31H,1,5-22H2,2-3H3,(H,32,37)(H,33,38);18-19H,4-17H2,1-3H3,(H,26,31)(H,27,32);17-18,38H,3-16H2,1-2H3,(H,25,30)(H,26,31);3-4,7H,1-2,5-6H2;3-8H,1-2H2. The molecule has 0 spiro atoms. The Hall–Kier alpha value is -8.85. The molecule has 12 amide bonds. The van der Waals surface area contributed by atoms with Crippen LogP contribution in [0.3, 0.4) is 0 Å². The van der Waals surface area contributed by atoms with Gasteiger partial charge in [0.25, 0.3) is 0 Å². The second-order valence-electron chi connectivity index (χ2n) is 32.6. The van der Waals surface area contributed by atoms with Crippen molar-refractivity contribution in [1.82, 2.24) is 86.6 Å². The first kappa shape index (κ1) is 124. The third-order valence-electron chi connectivity index (χ3n) is 22.6. The first-order valence-corrected chi connectivity index (χ1v) is 50.5. The van der Waals surface area contributed by atoms with Crippen LogP contribution >= 0.6 is 61.4 Å². The molecule has 8 unspecified atom stereocenters. The number of likely N-dealkylation sites (tertiary alicyclic amines) is 6. The molecule has 48 heteroatoms. The van der Waals surface area contributed by atoms with Gasteiger partial charge in [-0.1, -0.05) is 18.2 Å². The maximum Gasteiger partial charge on any atom is 0.310 e. The second kappa shape index (κ2) is 74.2. The molecule has 0 aromatic heterocycles. The van der Waals surface area contributed by atoms with E-state index in [-0.39, 0.29) is 186 Å². The number of aliphatic hydroxyl groups excluding tert-OH is 2. The number of thiol groups is 3. The molecule has 0 aromatic rings. The number of hydrogen-bond acceptors (Lipinski definition) is 36. The highest BCUT2D eigenvalue weighted by Crippen LogP contribution is 2.24. The SMILES string of the molecule is C=CCNCC=C.C=CCNCCCSCCN(CCC(=O)NCCN1CC(C(=O)OC)CC1=O)CCC(=O)NCCN1CC(C(=O)OC)CC1=O.COC(=O)C1CC(=O)N(CCNC(=O)CCN(CCS)CCC(=O)NCCN2CC(C(=O)OC)CC2=O)C1.COC(=O)C1CC(=O)N(CCNC(=O)CCN(CCSC)CCC(=O)NCCN2CC(C(=O)OC)CC2=O)C1.OC(CS)C(O)CS. The van der Waals surface area contributed by atoms with Crippen molar-refractivity contribution in [2.45, 2.75) is 95.7 Å². The molecule has 6 heterocycles. The predicted octanol–water partition coefficient (Wildman–Crippen LogP) is -3.26. The summed E-state index contributed by atoms with van der Waals surface area (Å²) in [6.45, 7) is 24.6. The van der Waals surface area contributed by atoms with E-state index in [0.29, 0.717) is 143 Å². The molecule has 0 bridgehead atoms. The van der Waals surface area contributed by atoms with E-state index in [0.717, 1.165) is 62.9 Å². The van der Waals surface area contributed by atoms with Gasteiger partial charge < -0.3 is 125 Å². The highest BCUT2D eigenvalue weighted by Gasteiger charge is 2.40. The Morgan fingerprint density at radius 3 is 0.774 bits per heavy atom. The Morgan fingerprint density at radius 2 is 0.569 bits per heavy atom. The number of nitrogens with one attached hydrogen (secondary N) is 8. The van der Waals surface area contributed by atoms with E-state index in [9.17, 15) is 86.3 Å². The van der Waals surface area contributed by atoms with Crippen LogP contribution in [0.5, 0.6) is 0 Å². The van der Waals surface area contributed by atoms with Crippen LogP contribution < -0.4 is 42.5 Å².